The van der Waals surface area contributed by atoms with Gasteiger partial charge >= 0.3 is 5.97 Å². The van der Waals surface area contributed by atoms with Crippen LogP contribution in [0.3, 0.4) is 0 Å². The fourth-order valence-electron chi connectivity index (χ4n) is 3.22. The second-order valence-electron chi connectivity index (χ2n) is 7.45. The normalized spacial score (nSPS) is 12.1. The number of benzene rings is 2. The van der Waals surface area contributed by atoms with Gasteiger partial charge in [-0.25, -0.2) is 13.6 Å². The number of nitrogens with zero attached hydrogens (tertiary/aromatic N) is 2. The summed E-state index contributed by atoms with van der Waals surface area (Å²) in [6, 6.07) is 11.0. The Labute approximate surface area is 201 Å². The maximum absolute atomic E-state index is 12.9. The van der Waals surface area contributed by atoms with E-state index in [0.29, 0.717) is 28.1 Å². The van der Waals surface area contributed by atoms with Gasteiger partial charge in [-0.3, -0.25) is 9.59 Å². The van der Waals surface area contributed by atoms with Crippen LogP contribution in [-0.2, 0) is 26.1 Å². The molecular weight excluding hydrogens is 478 g/mol. The molecule has 2 N–H and O–H groups in total. The zero-order chi connectivity index (χ0) is 24.7. The van der Waals surface area contributed by atoms with Gasteiger partial charge < -0.3 is 14.0 Å². The summed E-state index contributed by atoms with van der Waals surface area (Å²) < 4.78 is 36.3. The number of ether oxygens (including phenoxy) is 2. The van der Waals surface area contributed by atoms with Crippen LogP contribution in [0, 0.1) is 0 Å². The topological polar surface area (TPSA) is 130 Å². The minimum atomic E-state index is -3.92. The number of hydrogen-bond donors (Lipinski definition) is 1. The molecule has 1 aromatic heterocycles. The molecule has 1 heterocycles. The highest BCUT2D eigenvalue weighted by Crippen LogP contribution is 2.22. The number of hydrogen-bond acceptors (Lipinski definition) is 7. The van der Waals surface area contributed by atoms with Crippen LogP contribution in [0.4, 0.5) is 0 Å². The minimum absolute atomic E-state index is 0.0738. The highest BCUT2D eigenvalue weighted by molar-refractivity contribution is 7.89. The van der Waals surface area contributed by atoms with Gasteiger partial charge in [-0.15, -0.1) is 0 Å². The summed E-state index contributed by atoms with van der Waals surface area (Å²) in [5.41, 5.74) is 0.864. The van der Waals surface area contributed by atoms with Crippen LogP contribution in [0.5, 0.6) is 5.75 Å². The van der Waals surface area contributed by atoms with E-state index in [1.807, 2.05) is 0 Å². The lowest BCUT2D eigenvalue weighted by molar-refractivity contribution is -0.143. The highest BCUT2D eigenvalue weighted by Gasteiger charge is 2.16. The zero-order valence-electron chi connectivity index (χ0n) is 19.0. The molecule has 0 spiro atoms. The Morgan fingerprint density at radius 2 is 1.91 bits per heavy atom. The number of primary sulfonamides is 1. The van der Waals surface area contributed by atoms with Crippen molar-refractivity contribution in [2.75, 3.05) is 13.2 Å². The summed E-state index contributed by atoms with van der Waals surface area (Å²) >= 11 is 1.08. The second kappa shape index (κ2) is 11.4. The Bertz CT molecular complexity index is 1360. The summed E-state index contributed by atoms with van der Waals surface area (Å²) in [5, 5.41) is 5.24. The molecule has 0 saturated carbocycles. The van der Waals surface area contributed by atoms with Crippen molar-refractivity contribution < 1.29 is 27.5 Å². The second-order valence-corrected chi connectivity index (χ2v) is 10.0. The smallest absolute Gasteiger partial charge is 0.326 e. The first kappa shape index (κ1) is 25.6. The molecule has 3 rings (SSSR count). The van der Waals surface area contributed by atoms with Crippen molar-refractivity contribution in [3.63, 3.8) is 0 Å². The number of rotatable bonds is 10. The molecule has 9 nitrogen and oxygen atoms in total. The molecule has 182 valence electrons. The molecular formula is C23H27N3O6S2. The lowest BCUT2D eigenvalue weighted by Gasteiger charge is -2.07. The molecule has 0 aliphatic carbocycles. The third-order valence-corrected chi connectivity index (χ3v) is 6.82. The molecule has 0 fully saturated rings. The van der Waals surface area contributed by atoms with Crippen LogP contribution in [0.25, 0.3) is 10.2 Å². The molecule has 3 aromatic rings. The van der Waals surface area contributed by atoms with Crippen molar-refractivity contribution in [3.8, 4) is 5.75 Å². The number of fused-ring (bicyclic) bond motifs is 1. The van der Waals surface area contributed by atoms with Gasteiger partial charge in [-0.2, -0.15) is 4.99 Å². The first-order valence-electron chi connectivity index (χ1n) is 10.9. The number of amides is 1. The fourth-order valence-corrected chi connectivity index (χ4v) is 4.90. The number of unbranched alkanes of at least 4 members (excludes halogenated alkanes) is 2. The molecule has 0 aliphatic rings. The molecule has 34 heavy (non-hydrogen) atoms. The molecule has 1 amide bonds. The van der Waals surface area contributed by atoms with E-state index in [-0.39, 0.29) is 22.8 Å². The third kappa shape index (κ3) is 6.52. The molecule has 11 heteroatoms. The Hall–Kier alpha value is -3.02. The van der Waals surface area contributed by atoms with E-state index >= 15 is 0 Å². The lowest BCUT2D eigenvalue weighted by Crippen LogP contribution is -2.23. The summed E-state index contributed by atoms with van der Waals surface area (Å²) in [7, 11) is -3.92. The number of aromatic nitrogens is 1. The number of thiazole rings is 1. The predicted molar refractivity (Wildman–Crippen MR) is 129 cm³/mol. The van der Waals surface area contributed by atoms with Crippen molar-refractivity contribution in [2.45, 2.75) is 44.6 Å². The van der Waals surface area contributed by atoms with Crippen molar-refractivity contribution >= 4 is 43.5 Å². The van der Waals surface area contributed by atoms with Crippen LogP contribution in [-0.4, -0.2) is 38.1 Å². The van der Waals surface area contributed by atoms with Gasteiger partial charge in [0, 0.05) is 5.56 Å². The number of sulfonamides is 1. The van der Waals surface area contributed by atoms with Gasteiger partial charge in [0.05, 0.1) is 28.3 Å². The van der Waals surface area contributed by atoms with Gasteiger partial charge in [-0.05, 0) is 49.7 Å². The van der Waals surface area contributed by atoms with E-state index in [1.165, 1.54) is 22.8 Å². The molecule has 0 aliphatic heterocycles. The number of nitrogens with two attached hydrogens (primary N) is 1. The first-order valence-corrected chi connectivity index (χ1v) is 13.2. The van der Waals surface area contributed by atoms with Crippen molar-refractivity contribution in [1.82, 2.24) is 4.57 Å². The van der Waals surface area contributed by atoms with Gasteiger partial charge in [0.2, 0.25) is 10.0 Å². The van der Waals surface area contributed by atoms with Crippen molar-refractivity contribution in [1.29, 1.82) is 0 Å². The van der Waals surface area contributed by atoms with Crippen LogP contribution < -0.4 is 14.7 Å². The average molecular weight is 506 g/mol. The van der Waals surface area contributed by atoms with Gasteiger partial charge in [0.25, 0.3) is 5.91 Å². The van der Waals surface area contributed by atoms with Crippen molar-refractivity contribution in [3.05, 3.63) is 52.8 Å². The first-order chi connectivity index (χ1) is 16.2. The van der Waals surface area contributed by atoms with E-state index in [0.717, 1.165) is 30.6 Å². The van der Waals surface area contributed by atoms with Crippen LogP contribution >= 0.6 is 11.3 Å². The third-order valence-electron chi connectivity index (χ3n) is 4.87. The summed E-state index contributed by atoms with van der Waals surface area (Å²) in [4.78, 5) is 29.5. The van der Waals surface area contributed by atoms with Crippen LogP contribution in [0.15, 0.2) is 52.4 Å². The minimum Gasteiger partial charge on any atom is -0.494 e. The Kier molecular flexibility index (Phi) is 8.59. The summed E-state index contributed by atoms with van der Waals surface area (Å²) in [5.74, 6) is -0.449. The molecule has 0 bridgehead atoms. The Morgan fingerprint density at radius 1 is 1.12 bits per heavy atom. The van der Waals surface area contributed by atoms with E-state index in [4.69, 9.17) is 14.6 Å². The predicted octanol–water partition coefficient (Wildman–Crippen LogP) is 3.22. The van der Waals surface area contributed by atoms with E-state index < -0.39 is 21.9 Å². The average Bonchev–Trinajstić information content (AvgIpc) is 3.12. The number of carbonyl (C=O) groups is 2. The molecule has 0 saturated heterocycles. The standard InChI is InChI=1S/C23H27N3O6S2/c1-3-5-6-12-32-17-9-7-8-16(13-17)22(28)25-23-26(15-21(27)31-4-2)19-11-10-18(34(24,29)30)14-20(19)33-23/h7-11,13-14H,3-6,12,15H2,1-2H3,(H2,24,29,30). The quantitative estimate of drug-likeness (QED) is 0.333. The van der Waals surface area contributed by atoms with Crippen LogP contribution in [0.1, 0.15) is 43.5 Å². The molecule has 0 radical (unpaired) electrons. The van der Waals surface area contributed by atoms with E-state index in [1.54, 1.807) is 31.2 Å². The summed E-state index contributed by atoms with van der Waals surface area (Å²) in [6.45, 7) is 4.38. The van der Waals surface area contributed by atoms with Gasteiger partial charge in [0.1, 0.15) is 12.3 Å². The largest absolute Gasteiger partial charge is 0.494 e. The van der Waals surface area contributed by atoms with E-state index in [9.17, 15) is 18.0 Å². The highest BCUT2D eigenvalue weighted by atomic mass is 32.2. The Balaban J connectivity index is 2.00. The van der Waals surface area contributed by atoms with Gasteiger partial charge in [0.15, 0.2) is 4.80 Å². The zero-order valence-corrected chi connectivity index (χ0v) is 20.7. The Morgan fingerprint density at radius 3 is 2.62 bits per heavy atom. The van der Waals surface area contributed by atoms with Gasteiger partial charge in [-0.1, -0.05) is 37.2 Å². The lowest BCUT2D eigenvalue weighted by atomic mass is 10.2. The number of carbonyl (C=O) groups excluding carboxylic acids is 2. The SMILES string of the molecule is CCCCCOc1cccc(C(=O)N=c2sc3cc(S(N)(=O)=O)ccc3n2CC(=O)OCC)c1. The van der Waals surface area contributed by atoms with Crippen molar-refractivity contribution in [2.24, 2.45) is 10.1 Å². The molecule has 0 atom stereocenters. The van der Waals surface area contributed by atoms with E-state index in [2.05, 4.69) is 11.9 Å². The fraction of sp³-hybridized carbons (Fsp3) is 0.348. The molecule has 2 aromatic carbocycles. The number of esters is 1. The van der Waals surface area contributed by atoms with Crippen LogP contribution in [0.2, 0.25) is 0 Å². The maximum Gasteiger partial charge on any atom is 0.326 e. The monoisotopic (exact) mass is 505 g/mol. The molecule has 0 unspecified atom stereocenters. The summed E-state index contributed by atoms with van der Waals surface area (Å²) in [6.07, 6.45) is 3.07. The maximum atomic E-state index is 12.9.